The largest absolute Gasteiger partial charge is 0.534 e. The van der Waals surface area contributed by atoms with Crippen molar-refractivity contribution in [2.75, 3.05) is 38.0 Å². The van der Waals surface area contributed by atoms with Crippen LogP contribution in [0, 0.1) is 0 Å². The molecule has 1 saturated heterocycles. The molecule has 3 aromatic carbocycles. The van der Waals surface area contributed by atoms with Crippen molar-refractivity contribution in [3.8, 4) is 17.1 Å². The molecule has 1 aliphatic heterocycles. The minimum absolute atomic E-state index is 0.0414. The molecule has 0 saturated carbocycles. The van der Waals surface area contributed by atoms with E-state index in [2.05, 4.69) is 74.3 Å². The van der Waals surface area contributed by atoms with Crippen molar-refractivity contribution in [2.45, 2.75) is 44.7 Å². The highest BCUT2D eigenvalue weighted by Gasteiger charge is 2.52. The van der Waals surface area contributed by atoms with Gasteiger partial charge in [-0.1, -0.05) is 93.6 Å². The van der Waals surface area contributed by atoms with Gasteiger partial charge in [-0.3, -0.25) is 0 Å². The third-order valence-corrected chi connectivity index (χ3v) is 13.1. The molecule has 0 amide bonds. The van der Waals surface area contributed by atoms with Crippen molar-refractivity contribution in [2.24, 2.45) is 0 Å². The fourth-order valence-corrected chi connectivity index (χ4v) is 10.3. The summed E-state index contributed by atoms with van der Waals surface area (Å²) in [5, 5.41) is 2.15. The Kier molecular flexibility index (Phi) is 8.84. The van der Waals surface area contributed by atoms with Gasteiger partial charge in [0.1, 0.15) is 11.4 Å². The first-order valence-electron chi connectivity index (χ1n) is 14.6. The lowest BCUT2D eigenvalue weighted by molar-refractivity contribution is 0.0595. The third kappa shape index (κ3) is 6.00. The molecular formula is C34H40N4O4Si. The van der Waals surface area contributed by atoms with Crippen LogP contribution in [0.2, 0.25) is 5.04 Å². The topological polar surface area (TPSA) is 99.8 Å². The molecule has 0 spiro atoms. The Bertz CT molecular complexity index is 1510. The first-order chi connectivity index (χ1) is 20.7. The molecule has 9 heteroatoms. The lowest BCUT2D eigenvalue weighted by atomic mass is 10.1. The number of carbonyl (C=O) groups is 1. The quantitative estimate of drug-likeness (QED) is 0.223. The van der Waals surface area contributed by atoms with Crippen LogP contribution in [0.5, 0.6) is 5.75 Å². The van der Waals surface area contributed by atoms with Gasteiger partial charge in [0.2, 0.25) is 0 Å². The molecule has 1 aromatic heterocycles. The van der Waals surface area contributed by atoms with Crippen molar-refractivity contribution in [1.29, 1.82) is 0 Å². The van der Waals surface area contributed by atoms with Crippen molar-refractivity contribution in [3.63, 3.8) is 0 Å². The Labute approximate surface area is 255 Å². The number of hydrogen-bond donors (Lipinski definition) is 1. The Morgan fingerprint density at radius 3 is 2.09 bits per heavy atom. The van der Waals surface area contributed by atoms with Crippen LogP contribution in [-0.2, 0) is 9.47 Å². The van der Waals surface area contributed by atoms with Crippen molar-refractivity contribution < 1.29 is 18.7 Å². The number of nitrogens with two attached hydrogens (primary N) is 1. The average molecular weight is 597 g/mol. The van der Waals surface area contributed by atoms with E-state index in [9.17, 15) is 4.79 Å². The fraction of sp³-hybridized carbons (Fsp3) is 0.324. The van der Waals surface area contributed by atoms with Crippen LogP contribution in [-0.4, -0.2) is 57.7 Å². The van der Waals surface area contributed by atoms with Crippen LogP contribution >= 0.6 is 0 Å². The van der Waals surface area contributed by atoms with E-state index in [0.717, 1.165) is 12.8 Å². The van der Waals surface area contributed by atoms with E-state index < -0.39 is 14.3 Å². The van der Waals surface area contributed by atoms with Gasteiger partial charge in [0.05, 0.1) is 7.11 Å². The summed E-state index contributed by atoms with van der Waals surface area (Å²) in [5.41, 5.74) is 7.44. The molecule has 5 rings (SSSR count). The van der Waals surface area contributed by atoms with E-state index >= 15 is 0 Å². The smallest absolute Gasteiger partial charge is 0.359 e. The lowest BCUT2D eigenvalue weighted by Gasteiger charge is -2.43. The number of carbonyl (C=O) groups excluding carboxylic acids is 1. The number of ether oxygens (including phenoxy) is 2. The first kappa shape index (κ1) is 30.3. The molecule has 1 fully saturated rings. The lowest BCUT2D eigenvalue weighted by Crippen LogP contribution is -2.68. The third-order valence-electron chi connectivity index (χ3n) is 8.16. The number of rotatable bonds is 8. The molecule has 4 aromatic rings. The van der Waals surface area contributed by atoms with Crippen LogP contribution < -0.4 is 25.4 Å². The van der Waals surface area contributed by atoms with Gasteiger partial charge < -0.3 is 24.5 Å². The van der Waals surface area contributed by atoms with Gasteiger partial charge in [0.25, 0.3) is 0 Å². The Balaban J connectivity index is 1.62. The number of anilines is 2. The zero-order chi connectivity index (χ0) is 30.6. The summed E-state index contributed by atoms with van der Waals surface area (Å²) in [4.78, 5) is 24.3. The van der Waals surface area contributed by atoms with E-state index in [1.165, 1.54) is 17.5 Å². The highest BCUT2D eigenvalue weighted by Crippen LogP contribution is 2.38. The number of nitrogens with zero attached hydrogens (tertiary/aromatic N) is 3. The zero-order valence-corrected chi connectivity index (χ0v) is 26.5. The molecule has 0 radical (unpaired) electrons. The van der Waals surface area contributed by atoms with Crippen molar-refractivity contribution in [1.82, 2.24) is 9.97 Å². The predicted molar refractivity (Wildman–Crippen MR) is 174 cm³/mol. The van der Waals surface area contributed by atoms with E-state index in [1.807, 2.05) is 48.3 Å². The van der Waals surface area contributed by atoms with E-state index in [-0.39, 0.29) is 22.5 Å². The Morgan fingerprint density at radius 2 is 1.53 bits per heavy atom. The van der Waals surface area contributed by atoms with E-state index in [4.69, 9.17) is 24.6 Å². The van der Waals surface area contributed by atoms with Gasteiger partial charge in [-0.05, 0) is 40.4 Å². The van der Waals surface area contributed by atoms with E-state index in [1.54, 1.807) is 0 Å². The SMILES string of the molecule is COC(=O)c1nc(-c2cccc(O[Si](c3ccccc3)(c3ccccc3)C(C)(C)C)c2)nc(N(C)C2CCOCC2)c1N. The maximum absolute atomic E-state index is 12.8. The second-order valence-corrected chi connectivity index (χ2v) is 16.1. The van der Waals surface area contributed by atoms with Crippen LogP contribution in [0.3, 0.4) is 0 Å². The highest BCUT2D eigenvalue weighted by atomic mass is 28.4. The minimum Gasteiger partial charge on any atom is -0.534 e. The Hall–Kier alpha value is -4.21. The average Bonchev–Trinajstić information content (AvgIpc) is 3.04. The molecule has 0 bridgehead atoms. The van der Waals surface area contributed by atoms with Crippen LogP contribution in [0.15, 0.2) is 84.9 Å². The summed E-state index contributed by atoms with van der Waals surface area (Å²) in [5.74, 6) is 0.959. The van der Waals surface area contributed by atoms with Crippen LogP contribution in [0.25, 0.3) is 11.4 Å². The summed E-state index contributed by atoms with van der Waals surface area (Å²) in [6, 6.07) is 28.9. The van der Waals surface area contributed by atoms with Crippen LogP contribution in [0.4, 0.5) is 11.5 Å². The molecular weight excluding hydrogens is 556 g/mol. The monoisotopic (exact) mass is 596 g/mol. The second kappa shape index (κ2) is 12.6. The number of methoxy groups -OCH3 is 1. The standard InChI is InChI=1S/C34H40N4O4Si/c1-34(2,3)43(27-15-8-6-9-16-27,28-17-10-7-11-18-28)42-26-14-12-13-24(23-26)31-36-30(33(39)40-5)29(35)32(37-31)38(4)25-19-21-41-22-20-25/h6-18,23,25H,19-22,35H2,1-5H3. The number of esters is 1. The normalized spacial score (nSPS) is 14.3. The molecule has 2 N–H and O–H groups in total. The molecule has 0 atom stereocenters. The maximum atomic E-state index is 12.8. The highest BCUT2D eigenvalue weighted by molar-refractivity contribution is 7.00. The van der Waals surface area contributed by atoms with Crippen molar-refractivity contribution in [3.05, 3.63) is 90.6 Å². The molecule has 224 valence electrons. The fourth-order valence-electron chi connectivity index (χ4n) is 5.88. The minimum atomic E-state index is -2.86. The first-order valence-corrected chi connectivity index (χ1v) is 16.5. The molecule has 0 aliphatic carbocycles. The summed E-state index contributed by atoms with van der Waals surface area (Å²) in [7, 11) is 0.406. The summed E-state index contributed by atoms with van der Waals surface area (Å²) in [6.07, 6.45) is 1.68. The predicted octanol–water partition coefficient (Wildman–Crippen LogP) is 5.07. The zero-order valence-electron chi connectivity index (χ0n) is 25.5. The van der Waals surface area contributed by atoms with Crippen LogP contribution in [0.1, 0.15) is 44.1 Å². The maximum Gasteiger partial charge on any atom is 0.359 e. The molecule has 8 nitrogen and oxygen atoms in total. The summed E-state index contributed by atoms with van der Waals surface area (Å²) in [6.45, 7) is 8.06. The van der Waals surface area contributed by atoms with Gasteiger partial charge in [-0.2, -0.15) is 0 Å². The summed E-state index contributed by atoms with van der Waals surface area (Å²) >= 11 is 0. The second-order valence-electron chi connectivity index (χ2n) is 11.9. The molecule has 0 unspecified atom stereocenters. The molecule has 2 heterocycles. The van der Waals surface area contributed by atoms with Gasteiger partial charge in [-0.25, -0.2) is 14.8 Å². The number of benzene rings is 3. The van der Waals surface area contributed by atoms with E-state index in [0.29, 0.717) is 36.2 Å². The summed E-state index contributed by atoms with van der Waals surface area (Å²) < 4.78 is 17.8. The van der Waals surface area contributed by atoms with Gasteiger partial charge in [0, 0.05) is 31.9 Å². The van der Waals surface area contributed by atoms with Gasteiger partial charge in [0.15, 0.2) is 17.3 Å². The molecule has 1 aliphatic rings. The van der Waals surface area contributed by atoms with Gasteiger partial charge in [-0.15, -0.1) is 0 Å². The number of nitrogen functional groups attached to an aromatic ring is 1. The number of aromatic nitrogens is 2. The number of hydrogen-bond acceptors (Lipinski definition) is 8. The molecule has 43 heavy (non-hydrogen) atoms. The Morgan fingerprint density at radius 1 is 0.930 bits per heavy atom. The van der Waals surface area contributed by atoms with Crippen molar-refractivity contribution >= 4 is 36.2 Å². The van der Waals surface area contributed by atoms with Gasteiger partial charge >= 0.3 is 14.3 Å².